The zero-order valence-corrected chi connectivity index (χ0v) is 18.7. The van der Waals surface area contributed by atoms with Gasteiger partial charge in [-0.2, -0.15) is 0 Å². The van der Waals surface area contributed by atoms with Crippen LogP contribution in [0.1, 0.15) is 59.4 Å². The molecule has 0 radical (unpaired) electrons. The molecule has 1 atom stereocenters. The lowest BCUT2D eigenvalue weighted by Gasteiger charge is -2.45. The van der Waals surface area contributed by atoms with Gasteiger partial charge in [-0.05, 0) is 84.6 Å². The Morgan fingerprint density at radius 3 is 2.09 bits per heavy atom. The monoisotopic (exact) mass is 425 g/mol. The summed E-state index contributed by atoms with van der Waals surface area (Å²) in [5.74, 6) is 1.50. The van der Waals surface area contributed by atoms with Crippen LogP contribution in [0.5, 0.6) is 5.75 Å². The predicted molar refractivity (Wildman–Crippen MR) is 127 cm³/mol. The van der Waals surface area contributed by atoms with Crippen molar-refractivity contribution in [1.29, 1.82) is 0 Å². The molecule has 0 amide bonds. The SMILES string of the molecule is COc1ccc(C(O)(CC23CC(c4ccccc42)c2ccccc23)C2CCNCC2)cc1. The Morgan fingerprint density at radius 1 is 0.906 bits per heavy atom. The van der Waals surface area contributed by atoms with Gasteiger partial charge in [0.25, 0.3) is 0 Å². The second-order valence-electron chi connectivity index (χ2n) is 9.87. The molecule has 164 valence electrons. The molecule has 1 fully saturated rings. The number of hydrogen-bond acceptors (Lipinski definition) is 3. The summed E-state index contributed by atoms with van der Waals surface area (Å²) in [7, 11) is 1.69. The molecule has 0 saturated carbocycles. The van der Waals surface area contributed by atoms with E-state index in [-0.39, 0.29) is 11.3 Å². The maximum Gasteiger partial charge on any atom is 0.118 e. The number of ether oxygens (including phenoxy) is 1. The summed E-state index contributed by atoms with van der Waals surface area (Å²) in [6.45, 7) is 1.93. The van der Waals surface area contributed by atoms with Crippen molar-refractivity contribution in [3.8, 4) is 5.75 Å². The summed E-state index contributed by atoms with van der Waals surface area (Å²) in [6.07, 6.45) is 3.77. The third-order valence-corrected chi connectivity index (χ3v) is 8.43. The van der Waals surface area contributed by atoms with Gasteiger partial charge < -0.3 is 15.2 Å². The Morgan fingerprint density at radius 2 is 1.50 bits per heavy atom. The van der Waals surface area contributed by atoms with Gasteiger partial charge in [0.2, 0.25) is 0 Å². The first-order chi connectivity index (χ1) is 15.7. The van der Waals surface area contributed by atoms with E-state index in [4.69, 9.17) is 4.74 Å². The number of rotatable bonds is 5. The second-order valence-corrected chi connectivity index (χ2v) is 9.87. The Kier molecular flexibility index (Phi) is 4.67. The Hall–Kier alpha value is -2.62. The normalized spacial score (nSPS) is 25.8. The van der Waals surface area contributed by atoms with E-state index < -0.39 is 5.60 Å². The smallest absolute Gasteiger partial charge is 0.118 e. The number of fused-ring (bicyclic) bond motifs is 8. The van der Waals surface area contributed by atoms with Gasteiger partial charge in [-0.1, -0.05) is 60.7 Å². The highest BCUT2D eigenvalue weighted by molar-refractivity contribution is 5.63. The van der Waals surface area contributed by atoms with E-state index in [1.807, 2.05) is 12.1 Å². The number of piperidine rings is 1. The molecule has 1 aliphatic heterocycles. The van der Waals surface area contributed by atoms with Crippen molar-refractivity contribution >= 4 is 0 Å². The fourth-order valence-corrected chi connectivity index (χ4v) is 6.96. The quantitative estimate of drug-likeness (QED) is 0.597. The molecule has 3 aromatic carbocycles. The van der Waals surface area contributed by atoms with Crippen LogP contribution < -0.4 is 10.1 Å². The van der Waals surface area contributed by atoms with Crippen molar-refractivity contribution in [3.05, 3.63) is 101 Å². The van der Waals surface area contributed by atoms with Crippen molar-refractivity contribution in [3.63, 3.8) is 0 Å². The van der Waals surface area contributed by atoms with E-state index in [1.54, 1.807) is 7.11 Å². The minimum Gasteiger partial charge on any atom is -0.497 e. The lowest BCUT2D eigenvalue weighted by atomic mass is 9.63. The van der Waals surface area contributed by atoms with Gasteiger partial charge in [0.1, 0.15) is 5.75 Å². The van der Waals surface area contributed by atoms with Crippen molar-refractivity contribution in [2.45, 2.75) is 42.6 Å². The van der Waals surface area contributed by atoms with Crippen LogP contribution >= 0.6 is 0 Å². The van der Waals surface area contributed by atoms with Gasteiger partial charge in [0, 0.05) is 11.3 Å². The zero-order valence-electron chi connectivity index (χ0n) is 18.7. The summed E-state index contributed by atoms with van der Waals surface area (Å²) < 4.78 is 5.41. The summed E-state index contributed by atoms with van der Waals surface area (Å²) in [5, 5.41) is 16.1. The van der Waals surface area contributed by atoms with E-state index in [0.717, 1.165) is 50.1 Å². The van der Waals surface area contributed by atoms with Gasteiger partial charge >= 0.3 is 0 Å². The third kappa shape index (κ3) is 2.81. The molecule has 1 saturated heterocycles. The molecule has 3 aromatic rings. The fourth-order valence-electron chi connectivity index (χ4n) is 6.96. The van der Waals surface area contributed by atoms with Crippen LogP contribution in [-0.4, -0.2) is 25.3 Å². The third-order valence-electron chi connectivity index (χ3n) is 8.43. The molecule has 1 heterocycles. The standard InChI is InChI=1S/C29H31NO2/c1-32-22-12-10-20(11-13-22)29(31,21-14-16-30-17-15-21)19-28-18-25(23-6-2-4-8-26(23)28)24-7-3-5-9-27(24)28/h2-13,21,25,30-31H,14-19H2,1H3. The first-order valence-electron chi connectivity index (χ1n) is 11.9. The second kappa shape index (κ2) is 7.47. The summed E-state index contributed by atoms with van der Waals surface area (Å²) >= 11 is 0. The van der Waals surface area contributed by atoms with Gasteiger partial charge in [-0.15, -0.1) is 0 Å². The zero-order chi connectivity index (χ0) is 21.8. The van der Waals surface area contributed by atoms with Gasteiger partial charge in [0.15, 0.2) is 0 Å². The lowest BCUT2D eigenvalue weighted by Crippen LogP contribution is -2.46. The van der Waals surface area contributed by atoms with Crippen LogP contribution in [0.4, 0.5) is 0 Å². The minimum absolute atomic E-state index is 0.141. The van der Waals surface area contributed by atoms with Crippen molar-refractivity contribution in [2.24, 2.45) is 5.92 Å². The minimum atomic E-state index is -0.895. The van der Waals surface area contributed by atoms with Crippen LogP contribution in [0.15, 0.2) is 72.8 Å². The maximum absolute atomic E-state index is 12.6. The topological polar surface area (TPSA) is 41.5 Å². The molecule has 3 nitrogen and oxygen atoms in total. The molecule has 2 aliphatic carbocycles. The first kappa shape index (κ1) is 20.0. The molecule has 32 heavy (non-hydrogen) atoms. The number of methoxy groups -OCH3 is 1. The van der Waals surface area contributed by atoms with E-state index in [0.29, 0.717) is 5.92 Å². The summed E-state index contributed by atoms with van der Waals surface area (Å²) in [5.41, 5.74) is 5.73. The van der Waals surface area contributed by atoms with Gasteiger partial charge in [0.05, 0.1) is 12.7 Å². The molecule has 0 spiro atoms. The van der Waals surface area contributed by atoms with Crippen LogP contribution in [0.3, 0.4) is 0 Å². The number of aliphatic hydroxyl groups is 1. The predicted octanol–water partition coefficient (Wildman–Crippen LogP) is 5.11. The lowest BCUT2D eigenvalue weighted by molar-refractivity contribution is -0.0565. The summed E-state index contributed by atoms with van der Waals surface area (Å²) in [6, 6.07) is 26.0. The van der Waals surface area contributed by atoms with Crippen molar-refractivity contribution in [1.82, 2.24) is 5.32 Å². The van der Waals surface area contributed by atoms with Crippen LogP contribution in [0, 0.1) is 5.92 Å². The van der Waals surface area contributed by atoms with Crippen LogP contribution in [-0.2, 0) is 11.0 Å². The molecular formula is C29H31NO2. The van der Waals surface area contributed by atoms with E-state index in [2.05, 4.69) is 66.0 Å². The number of hydrogen-bond donors (Lipinski definition) is 2. The van der Waals surface area contributed by atoms with Gasteiger partial charge in [-0.3, -0.25) is 0 Å². The van der Waals surface area contributed by atoms with Gasteiger partial charge in [-0.25, -0.2) is 0 Å². The highest BCUT2D eigenvalue weighted by atomic mass is 16.5. The molecule has 2 N–H and O–H groups in total. The molecular weight excluding hydrogens is 394 g/mol. The fraction of sp³-hybridized carbons (Fsp3) is 0.379. The van der Waals surface area contributed by atoms with Crippen molar-refractivity contribution < 1.29 is 9.84 Å². The first-order valence-corrected chi connectivity index (χ1v) is 11.9. The molecule has 1 unspecified atom stereocenters. The van der Waals surface area contributed by atoms with Crippen LogP contribution in [0.25, 0.3) is 0 Å². The van der Waals surface area contributed by atoms with Crippen molar-refractivity contribution in [2.75, 3.05) is 20.2 Å². The largest absolute Gasteiger partial charge is 0.497 e. The Labute approximate surface area is 190 Å². The highest BCUT2D eigenvalue weighted by Crippen LogP contribution is 2.64. The molecule has 2 bridgehead atoms. The molecule has 6 rings (SSSR count). The average Bonchev–Trinajstić information content (AvgIpc) is 3.36. The number of nitrogens with one attached hydrogen (secondary N) is 1. The number of benzene rings is 3. The molecule has 3 heteroatoms. The molecule has 0 aromatic heterocycles. The highest BCUT2D eigenvalue weighted by Gasteiger charge is 2.57. The average molecular weight is 426 g/mol. The van der Waals surface area contributed by atoms with E-state index in [9.17, 15) is 5.11 Å². The Balaban J connectivity index is 1.51. The summed E-state index contributed by atoms with van der Waals surface area (Å²) in [4.78, 5) is 0. The Bertz CT molecular complexity index is 1080. The molecule has 3 aliphatic rings. The van der Waals surface area contributed by atoms with Crippen LogP contribution in [0.2, 0.25) is 0 Å². The maximum atomic E-state index is 12.6. The van der Waals surface area contributed by atoms with E-state index >= 15 is 0 Å². The van der Waals surface area contributed by atoms with E-state index in [1.165, 1.54) is 22.3 Å².